The molecule has 4 aromatic rings. The van der Waals surface area contributed by atoms with Gasteiger partial charge in [-0.25, -0.2) is 15.2 Å². The number of nitrogens with zero attached hydrogens (tertiary/aromatic N) is 6. The predicted molar refractivity (Wildman–Crippen MR) is 262 cm³/mol. The van der Waals surface area contributed by atoms with E-state index in [0.29, 0.717) is 69.0 Å². The molecule has 370 valence electrons. The molecule has 0 saturated carbocycles. The van der Waals surface area contributed by atoms with Crippen LogP contribution in [-0.4, -0.2) is 143 Å². The van der Waals surface area contributed by atoms with Crippen LogP contribution in [0.25, 0.3) is 33.4 Å². The number of aromatic nitrogens is 3. The van der Waals surface area contributed by atoms with Crippen LogP contribution in [0, 0.1) is 5.41 Å². The molecule has 4 aliphatic heterocycles. The molecule has 68 heavy (non-hydrogen) atoms. The minimum Gasteiger partial charge on any atom is -0.464 e. The van der Waals surface area contributed by atoms with Gasteiger partial charge in [-0.15, -0.1) is 11.3 Å². The molecule has 7 heterocycles. The van der Waals surface area contributed by atoms with Gasteiger partial charge >= 0.3 is 12.0 Å². The number of fused-ring (bicyclic) bond motifs is 6. The zero-order valence-electron chi connectivity index (χ0n) is 41.2. The summed E-state index contributed by atoms with van der Waals surface area (Å²) in [6.45, 7) is 16.7. The van der Waals surface area contributed by atoms with E-state index in [-0.39, 0.29) is 38.0 Å². The number of ether oxygens (including phenoxy) is 4. The van der Waals surface area contributed by atoms with Gasteiger partial charge in [0.05, 0.1) is 49.0 Å². The number of esters is 1. The van der Waals surface area contributed by atoms with Crippen LogP contribution >= 0.6 is 11.3 Å². The van der Waals surface area contributed by atoms with E-state index in [1.54, 1.807) is 19.1 Å². The highest BCUT2D eigenvalue weighted by Crippen LogP contribution is 2.44. The summed E-state index contributed by atoms with van der Waals surface area (Å²) < 4.78 is 26.4. The van der Waals surface area contributed by atoms with E-state index in [0.717, 1.165) is 76.9 Å². The number of β-amino-alcohol motifs (C(OH)–C–C–N with tert-alkyl or cyclic N) is 1. The summed E-state index contributed by atoms with van der Waals surface area (Å²) in [5.74, 6) is -0.553. The minimum atomic E-state index is -1.16. The molecule has 4 aliphatic rings. The lowest BCUT2D eigenvalue weighted by Gasteiger charge is -2.42. The third-order valence-corrected chi connectivity index (χ3v) is 15.5. The minimum absolute atomic E-state index is 0.101. The molecular weight excluding hydrogens is 885 g/mol. The topological polar surface area (TPSA) is 173 Å². The maximum Gasteiger partial charge on any atom is 0.324 e. The Labute approximate surface area is 405 Å². The number of aryl methyl sites for hydroxylation is 1. The van der Waals surface area contributed by atoms with Crippen molar-refractivity contribution in [3.8, 4) is 22.5 Å². The quantitative estimate of drug-likeness (QED) is 0.117. The van der Waals surface area contributed by atoms with Crippen LogP contribution in [-0.2, 0) is 41.5 Å². The second kappa shape index (κ2) is 21.7. The number of rotatable bonds is 13. The molecule has 7 atom stereocenters. The molecule has 8 rings (SSSR count). The van der Waals surface area contributed by atoms with Gasteiger partial charge in [0.2, 0.25) is 0 Å². The van der Waals surface area contributed by atoms with Gasteiger partial charge < -0.3 is 38.8 Å². The van der Waals surface area contributed by atoms with Crippen LogP contribution in [0.15, 0.2) is 35.8 Å². The maximum atomic E-state index is 14.7. The fourth-order valence-corrected chi connectivity index (χ4v) is 11.7. The van der Waals surface area contributed by atoms with Gasteiger partial charge in [-0.05, 0) is 108 Å². The number of amides is 3. The van der Waals surface area contributed by atoms with E-state index in [2.05, 4.69) is 72.2 Å². The monoisotopic (exact) mass is 957 g/mol. The van der Waals surface area contributed by atoms with Crippen LogP contribution in [0.5, 0.6) is 0 Å². The van der Waals surface area contributed by atoms with Crippen molar-refractivity contribution in [3.05, 3.63) is 57.7 Å². The summed E-state index contributed by atoms with van der Waals surface area (Å²) in [5.41, 5.74) is 10.6. The molecule has 3 N–H and O–H groups in total. The Kier molecular flexibility index (Phi) is 15.9. The SMILES string of the molecule is CCO[C@@H]1c2nc(cs2)-c2ccc3c(c2)c(c(-c2cc([C@@H]4CCN(CCO)[C@H](CC)C4)cnc2[C@H](C)OC)n3CC)CC(C)(C)COC(=O)[C@@H]2CCCN(N2)C(=O)[C@H]1NC(=O)N1CC[C@H]1COC. The lowest BCUT2D eigenvalue weighted by atomic mass is 9.82. The van der Waals surface area contributed by atoms with Crippen molar-refractivity contribution in [1.29, 1.82) is 0 Å². The molecule has 3 amide bonds. The Morgan fingerprint density at radius 2 is 1.91 bits per heavy atom. The number of aliphatic hydroxyl groups is 1. The Balaban J connectivity index is 1.27. The molecular formula is C51H72N8O8S. The van der Waals surface area contributed by atoms with Gasteiger partial charge in [0.15, 0.2) is 0 Å². The Hall–Kier alpha value is -4.49. The summed E-state index contributed by atoms with van der Waals surface area (Å²) in [7, 11) is 3.33. The van der Waals surface area contributed by atoms with Crippen molar-refractivity contribution in [1.82, 2.24) is 40.1 Å². The summed E-state index contributed by atoms with van der Waals surface area (Å²) in [4.78, 5) is 57.3. The van der Waals surface area contributed by atoms with Gasteiger partial charge in [-0.2, -0.15) is 0 Å². The van der Waals surface area contributed by atoms with E-state index in [4.69, 9.17) is 28.9 Å². The highest BCUT2D eigenvalue weighted by atomic mass is 32.1. The number of cyclic esters (lactones) is 1. The van der Waals surface area contributed by atoms with Crippen LogP contribution in [0.4, 0.5) is 4.79 Å². The van der Waals surface area contributed by atoms with Gasteiger partial charge in [0.1, 0.15) is 23.2 Å². The first-order valence-corrected chi connectivity index (χ1v) is 25.6. The lowest BCUT2D eigenvalue weighted by molar-refractivity contribution is -0.156. The first-order chi connectivity index (χ1) is 32.8. The van der Waals surface area contributed by atoms with Gasteiger partial charge in [-0.3, -0.25) is 24.5 Å². The zero-order valence-corrected chi connectivity index (χ0v) is 42.0. The normalized spacial score (nSPS) is 25.2. The third-order valence-electron chi connectivity index (χ3n) is 14.6. The molecule has 0 aliphatic carbocycles. The second-order valence-electron chi connectivity index (χ2n) is 19.7. The molecule has 16 nitrogen and oxygen atoms in total. The van der Waals surface area contributed by atoms with E-state index >= 15 is 0 Å². The van der Waals surface area contributed by atoms with E-state index in [1.165, 1.54) is 21.9 Å². The van der Waals surface area contributed by atoms with Gasteiger partial charge in [0.25, 0.3) is 5.91 Å². The number of carbonyl (C=O) groups excluding carboxylic acids is 3. The first kappa shape index (κ1) is 49.9. The fourth-order valence-electron chi connectivity index (χ4n) is 10.8. The van der Waals surface area contributed by atoms with Crippen molar-refractivity contribution in [2.75, 3.05) is 66.8 Å². The molecule has 1 aromatic carbocycles. The van der Waals surface area contributed by atoms with Crippen LogP contribution in [0.3, 0.4) is 0 Å². The first-order valence-electron chi connectivity index (χ1n) is 24.7. The molecule has 17 heteroatoms. The number of thiazole rings is 1. The van der Waals surface area contributed by atoms with Crippen molar-refractivity contribution in [2.24, 2.45) is 5.41 Å². The number of piperidine rings is 1. The number of likely N-dealkylation sites (tertiary alicyclic amines) is 2. The highest BCUT2D eigenvalue weighted by Gasteiger charge is 2.43. The summed E-state index contributed by atoms with van der Waals surface area (Å²) in [5, 5.41) is 17.9. The highest BCUT2D eigenvalue weighted by molar-refractivity contribution is 7.10. The molecule has 3 saturated heterocycles. The average molecular weight is 957 g/mol. The fraction of sp³-hybridized carbons (Fsp3) is 0.627. The number of carbonyl (C=O) groups is 3. The number of hydrogen-bond acceptors (Lipinski definition) is 13. The second-order valence-corrected chi connectivity index (χ2v) is 20.5. The summed E-state index contributed by atoms with van der Waals surface area (Å²) in [6, 6.07) is 6.79. The van der Waals surface area contributed by atoms with Crippen LogP contribution in [0.1, 0.15) is 120 Å². The maximum absolute atomic E-state index is 14.7. The summed E-state index contributed by atoms with van der Waals surface area (Å²) in [6.07, 6.45) is 6.23. The zero-order chi connectivity index (χ0) is 48.3. The van der Waals surface area contributed by atoms with Crippen LogP contribution < -0.4 is 10.7 Å². The number of pyridine rings is 1. The molecule has 0 spiro atoms. The van der Waals surface area contributed by atoms with E-state index in [1.807, 2.05) is 25.4 Å². The molecule has 3 aromatic heterocycles. The van der Waals surface area contributed by atoms with Crippen molar-refractivity contribution >= 4 is 40.1 Å². The predicted octanol–water partition coefficient (Wildman–Crippen LogP) is 7.00. The van der Waals surface area contributed by atoms with Gasteiger partial charge in [-0.1, -0.05) is 26.8 Å². The number of hydrogen-bond donors (Lipinski definition) is 3. The van der Waals surface area contributed by atoms with Gasteiger partial charge in [0, 0.05) is 92.1 Å². The van der Waals surface area contributed by atoms with Crippen molar-refractivity contribution in [2.45, 2.75) is 135 Å². The average Bonchev–Trinajstić information content (AvgIpc) is 3.95. The number of benzene rings is 1. The lowest BCUT2D eigenvalue weighted by Crippen LogP contribution is -2.64. The number of urea groups is 1. The Morgan fingerprint density at radius 3 is 2.62 bits per heavy atom. The van der Waals surface area contributed by atoms with E-state index in [9.17, 15) is 19.5 Å². The number of methoxy groups -OCH3 is 2. The molecule has 3 fully saturated rings. The number of hydrazine groups is 1. The third kappa shape index (κ3) is 10.2. The largest absolute Gasteiger partial charge is 0.464 e. The Morgan fingerprint density at radius 1 is 1.09 bits per heavy atom. The molecule has 0 radical (unpaired) electrons. The van der Waals surface area contributed by atoms with Crippen molar-refractivity contribution in [3.63, 3.8) is 0 Å². The molecule has 6 bridgehead atoms. The number of nitrogens with one attached hydrogen (secondary N) is 2. The number of aliphatic hydroxyl groups excluding tert-OH is 1. The summed E-state index contributed by atoms with van der Waals surface area (Å²) >= 11 is 1.39. The smallest absolute Gasteiger partial charge is 0.324 e. The van der Waals surface area contributed by atoms with Crippen LogP contribution in [0.2, 0.25) is 0 Å². The van der Waals surface area contributed by atoms with E-state index < -0.39 is 35.5 Å². The van der Waals surface area contributed by atoms with Crippen molar-refractivity contribution < 1.29 is 38.4 Å². The molecule has 0 unspecified atom stereocenters. The standard InChI is InChI=1S/C51H72N8O8S/c1-9-35-23-32(16-19-56(35)21-22-60)34-25-38(43(52-27-34)31(4)65-8)45-39-26-51(5,6)30-67-49(62)40-13-12-18-59(55-40)48(61)44(54-50(63)58-20-17-36(58)28-64-7)46(66-11-3)47-53-41(29-68-47)33-14-15-42(37(39)24-33)57(45)10-2/h14-15,24-25,27,29,31-32,35-36,40,44,46,55,60H,9-13,16-23,26,28,30H2,1-8H3,(H,54,63)/t31-,32+,35+,36-,40-,44-,46-/m0/s1. The Bertz CT molecular complexity index is 2420.